The number of ketones is 1. The van der Waals surface area contributed by atoms with Crippen molar-refractivity contribution in [3.8, 4) is 6.01 Å². The lowest BCUT2D eigenvalue weighted by Crippen LogP contribution is -2.42. The van der Waals surface area contributed by atoms with Gasteiger partial charge in [0.25, 0.3) is 11.8 Å². The number of carboxylic acids is 1. The third kappa shape index (κ3) is 10.0. The largest absolute Gasteiger partial charge is 0.480 e. The predicted octanol–water partition coefficient (Wildman–Crippen LogP) is 4.90. The minimum absolute atomic E-state index is 0.0349. The molecular weight excluding hydrogens is 671 g/mol. The molecule has 2 amide bonds. The maximum atomic E-state index is 12.9. The Bertz CT molecular complexity index is 1680. The van der Waals surface area contributed by atoms with Crippen molar-refractivity contribution < 1.29 is 42.2 Å². The highest BCUT2D eigenvalue weighted by atomic mass is 35.5. The normalized spacial score (nSPS) is 15.9. The first-order chi connectivity index (χ1) is 23.3. The number of nitrogens with zero attached hydrogens (tertiary/aromatic N) is 3. The van der Waals surface area contributed by atoms with Gasteiger partial charge in [-0.15, -0.1) is 0 Å². The number of alkyl halides is 3. The van der Waals surface area contributed by atoms with E-state index in [9.17, 15) is 37.5 Å². The summed E-state index contributed by atoms with van der Waals surface area (Å²) in [6.45, 7) is -1.62. The highest BCUT2D eigenvalue weighted by molar-refractivity contribution is 6.36. The van der Waals surface area contributed by atoms with E-state index in [4.69, 9.17) is 16.3 Å². The second kappa shape index (κ2) is 15.1. The van der Waals surface area contributed by atoms with Crippen LogP contribution in [0, 0.1) is 0 Å². The summed E-state index contributed by atoms with van der Waals surface area (Å²) >= 11 is 6.01. The van der Waals surface area contributed by atoms with Crippen LogP contribution in [0.1, 0.15) is 67.3 Å². The molecule has 1 atom stereocenters. The molecule has 17 heteroatoms. The van der Waals surface area contributed by atoms with E-state index in [1.165, 1.54) is 24.3 Å². The molecule has 2 aromatic carbocycles. The van der Waals surface area contributed by atoms with Crippen LogP contribution in [-0.2, 0) is 19.9 Å². The van der Waals surface area contributed by atoms with Gasteiger partial charge in [0.2, 0.25) is 17.7 Å². The lowest BCUT2D eigenvalue weighted by atomic mass is 10.1. The summed E-state index contributed by atoms with van der Waals surface area (Å²) < 4.78 is 43.5. The Balaban J connectivity index is 1.22. The summed E-state index contributed by atoms with van der Waals surface area (Å²) in [6.07, 6.45) is -0.358. The number of rotatable bonds is 15. The molecule has 0 radical (unpaired) electrons. The number of hydrogen-bond acceptors (Lipinski definition) is 10. The van der Waals surface area contributed by atoms with Gasteiger partial charge in [-0.2, -0.15) is 28.1 Å². The maximum Gasteiger partial charge on any atom is 0.422 e. The Morgan fingerprint density at radius 2 is 1.61 bits per heavy atom. The average molecular weight is 704 g/mol. The number of halogens is 4. The van der Waals surface area contributed by atoms with E-state index in [2.05, 4.69) is 36.2 Å². The summed E-state index contributed by atoms with van der Waals surface area (Å²) in [6, 6.07) is 10.7. The smallest absolute Gasteiger partial charge is 0.422 e. The number of carboxylic acid groups (broad SMARTS) is 1. The van der Waals surface area contributed by atoms with Crippen molar-refractivity contribution in [1.29, 1.82) is 0 Å². The Morgan fingerprint density at radius 3 is 2.22 bits per heavy atom. The van der Waals surface area contributed by atoms with E-state index in [0.29, 0.717) is 23.6 Å². The quantitative estimate of drug-likeness (QED) is 0.136. The number of carbonyl (C=O) groups is 4. The van der Waals surface area contributed by atoms with E-state index in [0.717, 1.165) is 31.2 Å². The van der Waals surface area contributed by atoms with Gasteiger partial charge in [-0.05, 0) is 74.1 Å². The topological polar surface area (TPSA) is 185 Å². The zero-order valence-electron chi connectivity index (χ0n) is 26.0. The van der Waals surface area contributed by atoms with Crippen molar-refractivity contribution in [2.24, 2.45) is 0 Å². The molecule has 2 saturated carbocycles. The molecule has 13 nitrogen and oxygen atoms in total. The minimum Gasteiger partial charge on any atom is -0.480 e. The van der Waals surface area contributed by atoms with Crippen LogP contribution >= 0.6 is 11.6 Å². The van der Waals surface area contributed by atoms with E-state index < -0.39 is 53.9 Å². The van der Waals surface area contributed by atoms with Crippen LogP contribution in [0.15, 0.2) is 48.5 Å². The van der Waals surface area contributed by atoms with Crippen molar-refractivity contribution in [3.05, 3.63) is 64.7 Å². The molecule has 0 bridgehead atoms. The number of anilines is 3. The Morgan fingerprint density at radius 1 is 0.959 bits per heavy atom. The lowest BCUT2D eigenvalue weighted by Gasteiger charge is -2.19. The van der Waals surface area contributed by atoms with Gasteiger partial charge in [-0.1, -0.05) is 36.6 Å². The van der Waals surface area contributed by atoms with E-state index >= 15 is 0 Å². The first-order valence-electron chi connectivity index (χ1n) is 15.5. The molecule has 49 heavy (non-hydrogen) atoms. The number of aromatic nitrogens is 3. The first kappa shape index (κ1) is 35.3. The molecule has 3 aromatic rings. The first-order valence-corrected chi connectivity index (χ1v) is 15.9. The third-order valence-electron chi connectivity index (χ3n) is 8.09. The summed E-state index contributed by atoms with van der Waals surface area (Å²) in [7, 11) is 0. The van der Waals surface area contributed by atoms with E-state index in [1.807, 2.05) is 12.1 Å². The summed E-state index contributed by atoms with van der Waals surface area (Å²) in [4.78, 5) is 61.3. The minimum atomic E-state index is -4.63. The molecule has 1 heterocycles. The van der Waals surface area contributed by atoms with Gasteiger partial charge in [0.1, 0.15) is 6.04 Å². The molecule has 2 aliphatic rings. The van der Waals surface area contributed by atoms with Gasteiger partial charge in [0.15, 0.2) is 6.61 Å². The predicted molar refractivity (Wildman–Crippen MR) is 171 cm³/mol. The van der Waals surface area contributed by atoms with E-state index in [1.54, 1.807) is 12.1 Å². The van der Waals surface area contributed by atoms with Crippen molar-refractivity contribution in [1.82, 2.24) is 25.6 Å². The van der Waals surface area contributed by atoms with Gasteiger partial charge in [0.05, 0.1) is 5.54 Å². The van der Waals surface area contributed by atoms with E-state index in [-0.39, 0.29) is 36.3 Å². The molecular formula is C32H33ClF3N7O6. The summed E-state index contributed by atoms with van der Waals surface area (Å²) in [5.41, 5.74) is 0.749. The number of carbonyl (C=O) groups excluding carboxylic acids is 3. The molecule has 2 fully saturated rings. The van der Waals surface area contributed by atoms with Crippen LogP contribution in [0.3, 0.4) is 0 Å². The number of aliphatic carboxylic acids is 1. The molecule has 0 unspecified atom stereocenters. The number of ether oxygens (including phenoxy) is 1. The Labute approximate surface area is 283 Å². The highest BCUT2D eigenvalue weighted by Gasteiger charge is 2.45. The molecule has 1 aromatic heterocycles. The Kier molecular flexibility index (Phi) is 10.9. The van der Waals surface area contributed by atoms with Crippen LogP contribution in [-0.4, -0.2) is 68.5 Å². The molecule has 0 aliphatic heterocycles. The number of nitrogens with one attached hydrogen (secondary N) is 4. The zero-order valence-corrected chi connectivity index (χ0v) is 26.7. The molecule has 2 aliphatic carbocycles. The van der Waals surface area contributed by atoms with Crippen LogP contribution in [0.5, 0.6) is 6.01 Å². The number of hydrogen-bond donors (Lipinski definition) is 5. The number of benzene rings is 2. The van der Waals surface area contributed by atoms with Gasteiger partial charge < -0.3 is 31.1 Å². The molecule has 5 rings (SSSR count). The molecule has 260 valence electrons. The van der Waals surface area contributed by atoms with Crippen LogP contribution in [0.4, 0.5) is 30.8 Å². The third-order valence-corrected chi connectivity index (χ3v) is 8.34. The molecule has 0 spiro atoms. The lowest BCUT2D eigenvalue weighted by molar-refractivity contribution is -0.154. The second-order valence-corrected chi connectivity index (χ2v) is 12.3. The van der Waals surface area contributed by atoms with Gasteiger partial charge >= 0.3 is 18.2 Å². The highest BCUT2D eigenvalue weighted by Crippen LogP contribution is 2.48. The summed E-state index contributed by atoms with van der Waals surface area (Å²) in [5, 5.41) is 21.2. The second-order valence-electron chi connectivity index (χ2n) is 11.9. The van der Waals surface area contributed by atoms with Gasteiger partial charge in [-0.25, -0.2) is 4.79 Å². The van der Waals surface area contributed by atoms with Crippen molar-refractivity contribution >= 4 is 52.8 Å². The monoisotopic (exact) mass is 703 g/mol. The SMILES string of the molecule is O=C(CC[C@H](NC(=O)c1ccc(Nc2nc(NC3(c4ccc(Cl)cc4)CC3)nc(OCC(F)(F)F)n2)cc1)C(=O)O)C(=O)NC1CCCC1. The van der Waals surface area contributed by atoms with Gasteiger partial charge in [0, 0.05) is 28.7 Å². The number of amides is 2. The van der Waals surface area contributed by atoms with Crippen LogP contribution in [0.25, 0.3) is 0 Å². The van der Waals surface area contributed by atoms with Crippen LogP contribution in [0.2, 0.25) is 5.02 Å². The fourth-order valence-corrected chi connectivity index (χ4v) is 5.46. The van der Waals surface area contributed by atoms with Crippen molar-refractivity contribution in [2.75, 3.05) is 17.2 Å². The average Bonchev–Trinajstić information content (AvgIpc) is 3.64. The maximum absolute atomic E-state index is 12.9. The standard InChI is InChI=1S/C32H33ClF3N7O6/c33-20-9-7-19(8-10-20)31(15-16-31)43-29-40-28(41-30(42-29)49-17-32(34,35)36)38-22-11-5-18(6-12-22)25(45)39-23(27(47)48)13-14-24(44)26(46)37-21-3-1-2-4-21/h5-12,21,23H,1-4,13-17H2,(H,37,46)(H,39,45)(H,47,48)(H2,38,40,41,42,43)/t23-/m0/s1. The van der Waals surface area contributed by atoms with Crippen LogP contribution < -0.4 is 26.0 Å². The molecule has 5 N–H and O–H groups in total. The van der Waals surface area contributed by atoms with Gasteiger partial charge in [-0.3, -0.25) is 14.4 Å². The van der Waals surface area contributed by atoms with Crippen molar-refractivity contribution in [2.45, 2.75) is 75.2 Å². The van der Waals surface area contributed by atoms with Crippen molar-refractivity contribution in [3.63, 3.8) is 0 Å². The fourth-order valence-electron chi connectivity index (χ4n) is 5.33. The Hall–Kier alpha value is -4.99. The fraction of sp³-hybridized carbons (Fsp3) is 0.406. The summed E-state index contributed by atoms with van der Waals surface area (Å²) in [5.74, 6) is -3.82. The molecule has 0 saturated heterocycles. The number of Topliss-reactive ketones (excluding diaryl/α,β-unsaturated/α-hetero) is 1. The zero-order chi connectivity index (χ0) is 35.2.